The molecular formula is C13H6I2O. The Morgan fingerprint density at radius 1 is 0.750 bits per heavy atom. The van der Waals surface area contributed by atoms with E-state index in [1.54, 1.807) is 0 Å². The van der Waals surface area contributed by atoms with Crippen molar-refractivity contribution in [3.63, 3.8) is 0 Å². The third kappa shape index (κ3) is 1.37. The van der Waals surface area contributed by atoms with Gasteiger partial charge in [-0.2, -0.15) is 0 Å². The number of halogens is 2. The van der Waals surface area contributed by atoms with Gasteiger partial charge in [0.25, 0.3) is 0 Å². The maximum atomic E-state index is 12.3. The molecule has 0 N–H and O–H groups in total. The normalized spacial score (nSPS) is 12.5. The molecule has 0 radical (unpaired) electrons. The quantitative estimate of drug-likeness (QED) is 0.489. The van der Waals surface area contributed by atoms with E-state index >= 15 is 0 Å². The molecule has 0 saturated carbocycles. The SMILES string of the molecule is O=C1c2c(I)cccc2-c2cccc(I)c21. The molecule has 0 amide bonds. The van der Waals surface area contributed by atoms with Gasteiger partial charge in [-0.3, -0.25) is 4.79 Å². The van der Waals surface area contributed by atoms with E-state index in [2.05, 4.69) is 45.2 Å². The maximum absolute atomic E-state index is 12.3. The average Bonchev–Trinajstić information content (AvgIpc) is 2.56. The Bertz CT molecular complexity index is 564. The summed E-state index contributed by atoms with van der Waals surface area (Å²) in [5.74, 6) is 0.167. The van der Waals surface area contributed by atoms with Crippen molar-refractivity contribution in [1.82, 2.24) is 0 Å². The molecule has 0 aromatic heterocycles. The summed E-state index contributed by atoms with van der Waals surface area (Å²) >= 11 is 4.46. The van der Waals surface area contributed by atoms with Crippen LogP contribution in [0.2, 0.25) is 0 Å². The molecule has 3 rings (SSSR count). The van der Waals surface area contributed by atoms with Gasteiger partial charge in [-0.05, 0) is 68.4 Å². The smallest absolute Gasteiger partial charge is 0.196 e. The molecule has 2 aromatic carbocycles. The fraction of sp³-hybridized carbons (Fsp3) is 0. The number of carbonyl (C=O) groups is 1. The van der Waals surface area contributed by atoms with E-state index < -0.39 is 0 Å². The van der Waals surface area contributed by atoms with Crippen LogP contribution in [0.25, 0.3) is 11.1 Å². The molecule has 2 aromatic rings. The summed E-state index contributed by atoms with van der Waals surface area (Å²) in [6.07, 6.45) is 0. The van der Waals surface area contributed by atoms with Gasteiger partial charge in [-0.1, -0.05) is 24.3 Å². The van der Waals surface area contributed by atoms with Gasteiger partial charge in [0.15, 0.2) is 5.78 Å². The summed E-state index contributed by atoms with van der Waals surface area (Å²) in [5.41, 5.74) is 3.88. The third-order valence-electron chi connectivity index (χ3n) is 2.77. The summed E-state index contributed by atoms with van der Waals surface area (Å²) in [4.78, 5) is 12.3. The van der Waals surface area contributed by atoms with Gasteiger partial charge in [0.2, 0.25) is 0 Å². The lowest BCUT2D eigenvalue weighted by Gasteiger charge is -2.00. The first kappa shape index (κ1) is 10.7. The standard InChI is InChI=1S/C13H6I2O/c14-9-5-1-3-7-8-4-2-6-10(15)12(8)13(16)11(7)9/h1-6H. The molecule has 78 valence electrons. The van der Waals surface area contributed by atoms with Crippen molar-refractivity contribution in [3.8, 4) is 11.1 Å². The van der Waals surface area contributed by atoms with Gasteiger partial charge in [-0.25, -0.2) is 0 Å². The molecule has 1 aliphatic carbocycles. The van der Waals surface area contributed by atoms with Crippen molar-refractivity contribution in [2.75, 3.05) is 0 Å². The van der Waals surface area contributed by atoms with Crippen LogP contribution in [-0.2, 0) is 0 Å². The average molecular weight is 432 g/mol. The van der Waals surface area contributed by atoms with E-state index in [1.807, 2.05) is 36.4 Å². The second-order valence-electron chi connectivity index (χ2n) is 3.65. The highest BCUT2D eigenvalue weighted by Crippen LogP contribution is 2.40. The Morgan fingerprint density at radius 2 is 1.19 bits per heavy atom. The van der Waals surface area contributed by atoms with Gasteiger partial charge in [0, 0.05) is 18.3 Å². The van der Waals surface area contributed by atoms with Crippen LogP contribution in [0.15, 0.2) is 36.4 Å². The molecule has 0 atom stereocenters. The van der Waals surface area contributed by atoms with Gasteiger partial charge in [0.05, 0.1) is 0 Å². The summed E-state index contributed by atoms with van der Waals surface area (Å²) in [7, 11) is 0. The number of hydrogen-bond donors (Lipinski definition) is 0. The number of ketones is 1. The highest BCUT2D eigenvalue weighted by Gasteiger charge is 2.29. The lowest BCUT2D eigenvalue weighted by molar-refractivity contribution is 0.104. The summed E-state index contributed by atoms with van der Waals surface area (Å²) in [6, 6.07) is 12.0. The minimum atomic E-state index is 0.167. The number of carbonyl (C=O) groups excluding carboxylic acids is 1. The predicted molar refractivity (Wildman–Crippen MR) is 80.7 cm³/mol. The molecule has 0 fully saturated rings. The monoisotopic (exact) mass is 432 g/mol. The molecule has 1 aliphatic rings. The molecule has 0 saturated heterocycles. The first-order valence-electron chi connectivity index (χ1n) is 4.82. The lowest BCUT2D eigenvalue weighted by atomic mass is 10.1. The Labute approximate surface area is 121 Å². The Balaban J connectivity index is 2.44. The highest BCUT2D eigenvalue weighted by molar-refractivity contribution is 14.1. The maximum Gasteiger partial charge on any atom is 0.196 e. The van der Waals surface area contributed by atoms with E-state index in [0.717, 1.165) is 29.4 Å². The van der Waals surface area contributed by atoms with Crippen LogP contribution in [0.1, 0.15) is 15.9 Å². The van der Waals surface area contributed by atoms with Crippen molar-refractivity contribution < 1.29 is 4.79 Å². The van der Waals surface area contributed by atoms with Crippen molar-refractivity contribution in [2.24, 2.45) is 0 Å². The van der Waals surface area contributed by atoms with Crippen molar-refractivity contribution in [1.29, 1.82) is 0 Å². The minimum absolute atomic E-state index is 0.167. The third-order valence-corrected chi connectivity index (χ3v) is 4.57. The molecule has 0 heterocycles. The van der Waals surface area contributed by atoms with E-state index in [4.69, 9.17) is 0 Å². The van der Waals surface area contributed by atoms with E-state index in [1.165, 1.54) is 0 Å². The number of benzene rings is 2. The van der Waals surface area contributed by atoms with Crippen LogP contribution in [0.3, 0.4) is 0 Å². The molecular weight excluding hydrogens is 426 g/mol. The zero-order valence-electron chi connectivity index (χ0n) is 8.13. The van der Waals surface area contributed by atoms with Gasteiger partial charge >= 0.3 is 0 Å². The molecule has 0 aliphatic heterocycles. The summed E-state index contributed by atoms with van der Waals surface area (Å²) in [6.45, 7) is 0. The van der Waals surface area contributed by atoms with Crippen LogP contribution >= 0.6 is 45.2 Å². The molecule has 0 bridgehead atoms. The molecule has 3 heteroatoms. The largest absolute Gasteiger partial charge is 0.288 e. The van der Waals surface area contributed by atoms with Crippen molar-refractivity contribution in [3.05, 3.63) is 54.7 Å². The predicted octanol–water partition coefficient (Wildman–Crippen LogP) is 4.11. The molecule has 16 heavy (non-hydrogen) atoms. The Morgan fingerprint density at radius 3 is 1.62 bits per heavy atom. The van der Waals surface area contributed by atoms with Crippen LogP contribution in [0.5, 0.6) is 0 Å². The van der Waals surface area contributed by atoms with Crippen LogP contribution in [0.4, 0.5) is 0 Å². The van der Waals surface area contributed by atoms with Gasteiger partial charge in [-0.15, -0.1) is 0 Å². The number of rotatable bonds is 0. The lowest BCUT2D eigenvalue weighted by Crippen LogP contribution is -1.99. The first-order valence-corrected chi connectivity index (χ1v) is 6.98. The minimum Gasteiger partial charge on any atom is -0.288 e. The van der Waals surface area contributed by atoms with Crippen LogP contribution in [-0.4, -0.2) is 5.78 Å². The van der Waals surface area contributed by atoms with E-state index in [9.17, 15) is 4.79 Å². The van der Waals surface area contributed by atoms with Crippen LogP contribution in [0, 0.1) is 7.14 Å². The van der Waals surface area contributed by atoms with Crippen LogP contribution < -0.4 is 0 Å². The molecule has 1 nitrogen and oxygen atoms in total. The van der Waals surface area contributed by atoms with Gasteiger partial charge < -0.3 is 0 Å². The van der Waals surface area contributed by atoms with Crippen molar-refractivity contribution >= 4 is 51.0 Å². The Kier molecular flexibility index (Phi) is 2.54. The summed E-state index contributed by atoms with van der Waals surface area (Å²) in [5, 5.41) is 0. The van der Waals surface area contributed by atoms with E-state index in [-0.39, 0.29) is 5.78 Å². The topological polar surface area (TPSA) is 17.1 Å². The second-order valence-corrected chi connectivity index (χ2v) is 5.98. The zero-order chi connectivity index (χ0) is 11.3. The zero-order valence-corrected chi connectivity index (χ0v) is 12.4. The fourth-order valence-corrected chi connectivity index (χ4v) is 3.57. The number of fused-ring (bicyclic) bond motifs is 3. The van der Waals surface area contributed by atoms with E-state index in [0.29, 0.717) is 0 Å². The molecule has 0 spiro atoms. The summed E-state index contributed by atoms with van der Waals surface area (Å²) < 4.78 is 2.07. The van der Waals surface area contributed by atoms with Crippen molar-refractivity contribution in [2.45, 2.75) is 0 Å². The highest BCUT2D eigenvalue weighted by atomic mass is 127. The molecule has 0 unspecified atom stereocenters. The fourth-order valence-electron chi connectivity index (χ4n) is 2.08. The van der Waals surface area contributed by atoms with Gasteiger partial charge in [0.1, 0.15) is 0 Å². The second kappa shape index (κ2) is 3.80. The number of hydrogen-bond acceptors (Lipinski definition) is 1. The first-order chi connectivity index (χ1) is 7.70. The Hall–Kier alpha value is -0.430.